The first kappa shape index (κ1) is 13.7. The van der Waals surface area contributed by atoms with E-state index in [0.717, 1.165) is 22.4 Å². The van der Waals surface area contributed by atoms with Crippen molar-refractivity contribution in [3.63, 3.8) is 0 Å². The third kappa shape index (κ3) is 2.66. The van der Waals surface area contributed by atoms with Gasteiger partial charge in [-0.3, -0.25) is 0 Å². The van der Waals surface area contributed by atoms with Crippen molar-refractivity contribution in [2.24, 2.45) is 0 Å². The van der Waals surface area contributed by atoms with E-state index in [9.17, 15) is 8.42 Å². The number of sulfone groups is 1. The molecule has 0 amide bonds. The molecule has 18 heavy (non-hydrogen) atoms. The third-order valence-corrected chi connectivity index (χ3v) is 5.71. The zero-order valence-corrected chi connectivity index (χ0v) is 12.8. The van der Waals surface area contributed by atoms with E-state index in [4.69, 9.17) is 0 Å². The van der Waals surface area contributed by atoms with Crippen molar-refractivity contribution in [3.8, 4) is 0 Å². The van der Waals surface area contributed by atoms with Crippen LogP contribution < -0.4 is 5.32 Å². The van der Waals surface area contributed by atoms with Crippen molar-refractivity contribution in [3.05, 3.63) is 16.0 Å². The summed E-state index contributed by atoms with van der Waals surface area (Å²) in [5, 5.41) is 3.01. The summed E-state index contributed by atoms with van der Waals surface area (Å²) in [5.41, 5.74) is 0.911. The zero-order valence-electron chi connectivity index (χ0n) is 10.4. The minimum atomic E-state index is -2.91. The number of nitrogens with zero attached hydrogens (tertiary/aromatic N) is 2. The summed E-state index contributed by atoms with van der Waals surface area (Å²) >= 11 is 3.46. The molecule has 1 aromatic rings. The Balaban J connectivity index is 2.40. The van der Waals surface area contributed by atoms with Gasteiger partial charge in [-0.2, -0.15) is 0 Å². The SMILES string of the molecule is CCc1nc(C2CCS(=O)(=O)C2)nc(NC)c1Br. The maximum absolute atomic E-state index is 11.5. The molecule has 1 saturated heterocycles. The lowest BCUT2D eigenvalue weighted by atomic mass is 10.1. The fourth-order valence-corrected chi connectivity index (χ4v) is 4.49. The quantitative estimate of drug-likeness (QED) is 0.912. The van der Waals surface area contributed by atoms with Gasteiger partial charge < -0.3 is 5.32 Å². The van der Waals surface area contributed by atoms with E-state index in [1.807, 2.05) is 6.92 Å². The average molecular weight is 334 g/mol. The predicted molar refractivity (Wildman–Crippen MR) is 74.7 cm³/mol. The molecule has 2 heterocycles. The molecule has 1 unspecified atom stereocenters. The Bertz CT molecular complexity index is 534. The van der Waals surface area contributed by atoms with Crippen molar-refractivity contribution in [1.82, 2.24) is 9.97 Å². The molecule has 1 aliphatic heterocycles. The predicted octanol–water partition coefficient (Wildman–Crippen LogP) is 1.75. The van der Waals surface area contributed by atoms with E-state index < -0.39 is 9.84 Å². The van der Waals surface area contributed by atoms with Crippen molar-refractivity contribution in [2.45, 2.75) is 25.7 Å². The number of halogens is 1. The van der Waals surface area contributed by atoms with Crippen LogP contribution in [0.3, 0.4) is 0 Å². The van der Waals surface area contributed by atoms with E-state index in [0.29, 0.717) is 12.2 Å². The third-order valence-electron chi connectivity index (χ3n) is 3.11. The van der Waals surface area contributed by atoms with Crippen LogP contribution in [0.4, 0.5) is 5.82 Å². The molecule has 1 aromatic heterocycles. The molecule has 7 heteroatoms. The van der Waals surface area contributed by atoms with Crippen molar-refractivity contribution < 1.29 is 8.42 Å². The van der Waals surface area contributed by atoms with Crippen LogP contribution >= 0.6 is 15.9 Å². The van der Waals surface area contributed by atoms with Gasteiger partial charge in [0, 0.05) is 13.0 Å². The van der Waals surface area contributed by atoms with Crippen LogP contribution in [-0.4, -0.2) is 36.9 Å². The van der Waals surface area contributed by atoms with E-state index in [1.54, 1.807) is 7.05 Å². The monoisotopic (exact) mass is 333 g/mol. The van der Waals surface area contributed by atoms with Crippen LogP contribution in [0.5, 0.6) is 0 Å². The Morgan fingerprint density at radius 3 is 2.67 bits per heavy atom. The Morgan fingerprint density at radius 1 is 1.44 bits per heavy atom. The van der Waals surface area contributed by atoms with Gasteiger partial charge in [-0.1, -0.05) is 6.92 Å². The van der Waals surface area contributed by atoms with Gasteiger partial charge in [-0.15, -0.1) is 0 Å². The Hall–Kier alpha value is -0.690. The van der Waals surface area contributed by atoms with Crippen LogP contribution in [0, 0.1) is 0 Å². The van der Waals surface area contributed by atoms with Crippen LogP contribution in [0.25, 0.3) is 0 Å². The van der Waals surface area contributed by atoms with E-state index in [-0.39, 0.29) is 17.4 Å². The molecule has 100 valence electrons. The summed E-state index contributed by atoms with van der Waals surface area (Å²) < 4.78 is 23.9. The second kappa shape index (κ2) is 5.13. The molecule has 1 fully saturated rings. The lowest BCUT2D eigenvalue weighted by molar-refractivity contribution is 0.601. The molecule has 1 atom stereocenters. The summed E-state index contributed by atoms with van der Waals surface area (Å²) in [6, 6.07) is 0. The van der Waals surface area contributed by atoms with Crippen LogP contribution in [0.1, 0.15) is 30.8 Å². The highest BCUT2D eigenvalue weighted by molar-refractivity contribution is 9.10. The van der Waals surface area contributed by atoms with Crippen molar-refractivity contribution >= 4 is 31.6 Å². The Morgan fingerprint density at radius 2 is 2.17 bits per heavy atom. The summed E-state index contributed by atoms with van der Waals surface area (Å²) in [5.74, 6) is 1.70. The molecule has 0 aromatic carbocycles. The molecule has 0 bridgehead atoms. The van der Waals surface area contributed by atoms with E-state index >= 15 is 0 Å². The van der Waals surface area contributed by atoms with E-state index in [1.165, 1.54) is 0 Å². The number of hydrogen-bond donors (Lipinski definition) is 1. The number of rotatable bonds is 3. The average Bonchev–Trinajstić information content (AvgIpc) is 2.70. The minimum absolute atomic E-state index is 0.0690. The summed E-state index contributed by atoms with van der Waals surface area (Å²) in [4.78, 5) is 8.90. The molecular formula is C11H16BrN3O2S. The van der Waals surface area contributed by atoms with Crippen LogP contribution in [-0.2, 0) is 16.3 Å². The molecule has 0 radical (unpaired) electrons. The maximum Gasteiger partial charge on any atom is 0.151 e. The summed E-state index contributed by atoms with van der Waals surface area (Å²) in [6.07, 6.45) is 1.40. The molecule has 0 saturated carbocycles. The molecule has 5 nitrogen and oxygen atoms in total. The molecular weight excluding hydrogens is 318 g/mol. The second-order valence-corrected chi connectivity index (χ2v) is 7.42. The highest BCUT2D eigenvalue weighted by Gasteiger charge is 2.31. The fraction of sp³-hybridized carbons (Fsp3) is 0.636. The van der Waals surface area contributed by atoms with Crippen LogP contribution in [0.15, 0.2) is 4.47 Å². The zero-order chi connectivity index (χ0) is 13.3. The highest BCUT2D eigenvalue weighted by Crippen LogP contribution is 2.30. The number of aryl methyl sites for hydroxylation is 1. The lowest BCUT2D eigenvalue weighted by Gasteiger charge is -2.12. The number of nitrogens with one attached hydrogen (secondary N) is 1. The second-order valence-electron chi connectivity index (χ2n) is 4.39. The molecule has 0 spiro atoms. The number of anilines is 1. The summed E-state index contributed by atoms with van der Waals surface area (Å²) in [7, 11) is -1.11. The lowest BCUT2D eigenvalue weighted by Crippen LogP contribution is -2.11. The van der Waals surface area contributed by atoms with Crippen molar-refractivity contribution in [2.75, 3.05) is 23.9 Å². The Labute approximate surface area is 115 Å². The molecule has 1 aliphatic rings. The first-order valence-electron chi connectivity index (χ1n) is 5.91. The normalized spacial score (nSPS) is 22.1. The fourth-order valence-electron chi connectivity index (χ4n) is 2.09. The van der Waals surface area contributed by atoms with Crippen LogP contribution in [0.2, 0.25) is 0 Å². The van der Waals surface area contributed by atoms with E-state index in [2.05, 4.69) is 31.2 Å². The first-order chi connectivity index (χ1) is 8.46. The largest absolute Gasteiger partial charge is 0.372 e. The minimum Gasteiger partial charge on any atom is -0.372 e. The molecule has 0 aliphatic carbocycles. The van der Waals surface area contributed by atoms with Gasteiger partial charge >= 0.3 is 0 Å². The van der Waals surface area contributed by atoms with Gasteiger partial charge in [0.2, 0.25) is 0 Å². The smallest absolute Gasteiger partial charge is 0.151 e. The van der Waals surface area contributed by atoms with Gasteiger partial charge in [0.05, 0.1) is 21.7 Å². The number of aromatic nitrogens is 2. The Kier molecular flexibility index (Phi) is 3.91. The summed E-state index contributed by atoms with van der Waals surface area (Å²) in [6.45, 7) is 2.02. The van der Waals surface area contributed by atoms with Crippen molar-refractivity contribution in [1.29, 1.82) is 0 Å². The van der Waals surface area contributed by atoms with Gasteiger partial charge in [-0.05, 0) is 28.8 Å². The van der Waals surface area contributed by atoms with Gasteiger partial charge in [0.15, 0.2) is 9.84 Å². The topological polar surface area (TPSA) is 72.0 Å². The van der Waals surface area contributed by atoms with Gasteiger partial charge in [0.25, 0.3) is 0 Å². The molecule has 1 N–H and O–H groups in total. The number of hydrogen-bond acceptors (Lipinski definition) is 5. The highest BCUT2D eigenvalue weighted by atomic mass is 79.9. The standard InChI is InChI=1S/C11H16BrN3O2S/c1-3-8-9(12)11(13-2)15-10(14-8)7-4-5-18(16,17)6-7/h7H,3-6H2,1-2H3,(H,13,14,15). The van der Waals surface area contributed by atoms with Gasteiger partial charge in [0.1, 0.15) is 11.6 Å². The first-order valence-corrected chi connectivity index (χ1v) is 8.52. The molecule has 2 rings (SSSR count). The van der Waals surface area contributed by atoms with Gasteiger partial charge in [-0.25, -0.2) is 18.4 Å². The maximum atomic E-state index is 11.5.